The van der Waals surface area contributed by atoms with Gasteiger partial charge in [-0.25, -0.2) is 22.2 Å². The second kappa shape index (κ2) is 9.36. The monoisotopic (exact) mass is 425 g/mol. The van der Waals surface area contributed by atoms with Crippen molar-refractivity contribution >= 4 is 41.4 Å². The van der Waals surface area contributed by atoms with Crippen molar-refractivity contribution in [3.63, 3.8) is 0 Å². The standard InChI is InChI=1S/C19H18ClF2N3O2S/c20-13-7-9-14(10-8-13)25(28-24-11-2-1-3-12-24)19(27)23-18(26)17-15(21)5-4-6-16(17)22/h4-10H,1-3,11-12H2,(H,23,26,27). The van der Waals surface area contributed by atoms with Gasteiger partial charge in [0.2, 0.25) is 0 Å². The van der Waals surface area contributed by atoms with Crippen molar-refractivity contribution in [1.82, 2.24) is 9.62 Å². The van der Waals surface area contributed by atoms with Crippen LogP contribution in [0, 0.1) is 11.6 Å². The lowest BCUT2D eigenvalue weighted by Gasteiger charge is -2.30. The first-order valence-electron chi connectivity index (χ1n) is 8.74. The fourth-order valence-corrected chi connectivity index (χ4v) is 3.88. The van der Waals surface area contributed by atoms with E-state index in [9.17, 15) is 18.4 Å². The van der Waals surface area contributed by atoms with E-state index in [0.717, 1.165) is 62.7 Å². The Morgan fingerprint density at radius 3 is 2.21 bits per heavy atom. The minimum atomic E-state index is -1.14. The number of halogens is 3. The molecule has 1 aliphatic heterocycles. The number of carbonyl (C=O) groups is 2. The van der Waals surface area contributed by atoms with E-state index in [2.05, 4.69) is 5.32 Å². The third-order valence-corrected chi connectivity index (χ3v) is 5.56. The molecule has 0 radical (unpaired) electrons. The maximum atomic E-state index is 13.8. The molecule has 0 saturated carbocycles. The topological polar surface area (TPSA) is 52.7 Å². The zero-order valence-corrected chi connectivity index (χ0v) is 16.4. The number of carbonyl (C=O) groups excluding carboxylic acids is 2. The number of hydrogen-bond donors (Lipinski definition) is 1. The first-order valence-corrected chi connectivity index (χ1v) is 9.84. The molecule has 1 N–H and O–H groups in total. The fourth-order valence-electron chi connectivity index (χ4n) is 2.77. The van der Waals surface area contributed by atoms with E-state index in [1.165, 1.54) is 4.31 Å². The van der Waals surface area contributed by atoms with Crippen LogP contribution in [-0.4, -0.2) is 29.3 Å². The minimum Gasteiger partial charge on any atom is -0.273 e. The van der Waals surface area contributed by atoms with Gasteiger partial charge in [-0.2, -0.15) is 0 Å². The highest BCUT2D eigenvalue weighted by molar-refractivity contribution is 7.99. The van der Waals surface area contributed by atoms with Gasteiger partial charge in [-0.15, -0.1) is 0 Å². The molecule has 0 aromatic heterocycles. The minimum absolute atomic E-state index is 0.485. The zero-order chi connectivity index (χ0) is 20.1. The number of nitrogens with zero attached hydrogens (tertiary/aromatic N) is 2. The Morgan fingerprint density at radius 1 is 1.00 bits per heavy atom. The van der Waals surface area contributed by atoms with Gasteiger partial charge in [-0.3, -0.25) is 10.1 Å². The Kier molecular flexibility index (Phi) is 6.88. The van der Waals surface area contributed by atoms with E-state index in [1.54, 1.807) is 24.3 Å². The van der Waals surface area contributed by atoms with Gasteiger partial charge in [0.05, 0.1) is 5.69 Å². The van der Waals surface area contributed by atoms with Gasteiger partial charge in [0, 0.05) is 30.2 Å². The van der Waals surface area contributed by atoms with Crippen LogP contribution in [0.4, 0.5) is 19.3 Å². The average Bonchev–Trinajstić information content (AvgIpc) is 2.67. The summed E-state index contributed by atoms with van der Waals surface area (Å²) >= 11 is 7.06. The van der Waals surface area contributed by atoms with Crippen molar-refractivity contribution < 1.29 is 18.4 Å². The Balaban J connectivity index is 1.81. The number of nitrogens with one attached hydrogen (secondary N) is 1. The van der Waals surface area contributed by atoms with Crippen LogP contribution in [-0.2, 0) is 0 Å². The lowest BCUT2D eigenvalue weighted by molar-refractivity contribution is 0.0958. The maximum Gasteiger partial charge on any atom is 0.340 e. The summed E-state index contributed by atoms with van der Waals surface area (Å²) in [5.41, 5.74) is -0.311. The molecule has 0 bridgehead atoms. The molecule has 0 unspecified atom stereocenters. The SMILES string of the molecule is O=C(NC(=O)N(SN1CCCCC1)c1ccc(Cl)cc1)c1c(F)cccc1F. The number of benzene rings is 2. The molecule has 0 spiro atoms. The van der Waals surface area contributed by atoms with E-state index in [0.29, 0.717) is 10.7 Å². The third-order valence-electron chi connectivity index (χ3n) is 4.17. The maximum absolute atomic E-state index is 13.8. The summed E-state index contributed by atoms with van der Waals surface area (Å²) in [6, 6.07) is 8.77. The molecule has 0 aliphatic carbocycles. The zero-order valence-electron chi connectivity index (χ0n) is 14.8. The molecule has 5 nitrogen and oxygen atoms in total. The molecular formula is C19H18ClF2N3O2S. The summed E-state index contributed by atoms with van der Waals surface area (Å²) in [5, 5.41) is 2.57. The number of imide groups is 1. The van der Waals surface area contributed by atoms with Crippen LogP contribution in [0.2, 0.25) is 5.02 Å². The molecular weight excluding hydrogens is 408 g/mol. The summed E-state index contributed by atoms with van der Waals surface area (Å²) in [6.07, 6.45) is 3.13. The van der Waals surface area contributed by atoms with E-state index in [4.69, 9.17) is 11.6 Å². The summed E-state index contributed by atoms with van der Waals surface area (Å²) in [4.78, 5) is 25.1. The number of anilines is 1. The van der Waals surface area contributed by atoms with E-state index < -0.39 is 29.1 Å². The molecule has 28 heavy (non-hydrogen) atoms. The number of hydrogen-bond acceptors (Lipinski definition) is 4. The van der Waals surface area contributed by atoms with Gasteiger partial charge in [0.15, 0.2) is 0 Å². The van der Waals surface area contributed by atoms with Gasteiger partial charge in [0.25, 0.3) is 5.91 Å². The molecule has 0 atom stereocenters. The van der Waals surface area contributed by atoms with Gasteiger partial charge < -0.3 is 0 Å². The average molecular weight is 426 g/mol. The molecule has 1 heterocycles. The first-order chi connectivity index (χ1) is 13.5. The Bertz CT molecular complexity index is 841. The van der Waals surface area contributed by atoms with Crippen molar-refractivity contribution in [2.75, 3.05) is 17.4 Å². The summed E-state index contributed by atoms with van der Waals surface area (Å²) in [7, 11) is 0. The number of piperidine rings is 1. The number of rotatable bonds is 4. The quantitative estimate of drug-likeness (QED) is 0.698. The summed E-state index contributed by atoms with van der Waals surface area (Å²) in [6.45, 7) is 1.58. The third kappa shape index (κ3) is 5.01. The number of amides is 3. The lowest BCUT2D eigenvalue weighted by atomic mass is 10.2. The predicted molar refractivity (Wildman–Crippen MR) is 106 cm³/mol. The smallest absolute Gasteiger partial charge is 0.273 e. The molecule has 3 amide bonds. The van der Waals surface area contributed by atoms with Gasteiger partial charge in [0.1, 0.15) is 17.2 Å². The predicted octanol–water partition coefficient (Wildman–Crippen LogP) is 5.02. The van der Waals surface area contributed by atoms with Gasteiger partial charge >= 0.3 is 6.03 Å². The van der Waals surface area contributed by atoms with Gasteiger partial charge in [-0.05, 0) is 49.2 Å². The van der Waals surface area contributed by atoms with Crippen LogP contribution in [0.1, 0.15) is 29.6 Å². The van der Waals surface area contributed by atoms with Crippen molar-refractivity contribution in [3.8, 4) is 0 Å². The van der Waals surface area contributed by atoms with Crippen LogP contribution < -0.4 is 9.62 Å². The van der Waals surface area contributed by atoms with Crippen LogP contribution in [0.25, 0.3) is 0 Å². The lowest BCUT2D eigenvalue weighted by Crippen LogP contribution is -2.42. The molecule has 1 saturated heterocycles. The molecule has 2 aromatic carbocycles. The van der Waals surface area contributed by atoms with Crippen LogP contribution in [0.3, 0.4) is 0 Å². The molecule has 2 aromatic rings. The second-order valence-corrected chi connectivity index (χ2v) is 7.68. The van der Waals surface area contributed by atoms with E-state index in [1.807, 2.05) is 4.31 Å². The van der Waals surface area contributed by atoms with Crippen molar-refractivity contribution in [3.05, 3.63) is 64.7 Å². The Labute approximate surface area is 170 Å². The van der Waals surface area contributed by atoms with Crippen LogP contribution in [0.15, 0.2) is 42.5 Å². The van der Waals surface area contributed by atoms with Crippen molar-refractivity contribution in [1.29, 1.82) is 0 Å². The highest BCUT2D eigenvalue weighted by Gasteiger charge is 2.26. The Morgan fingerprint density at radius 2 is 1.61 bits per heavy atom. The summed E-state index contributed by atoms with van der Waals surface area (Å²) in [5.74, 6) is -3.21. The van der Waals surface area contributed by atoms with Gasteiger partial charge in [-0.1, -0.05) is 24.1 Å². The van der Waals surface area contributed by atoms with Crippen LogP contribution >= 0.6 is 23.7 Å². The largest absolute Gasteiger partial charge is 0.340 e. The Hall–Kier alpha value is -2.16. The summed E-state index contributed by atoms with van der Waals surface area (Å²) < 4.78 is 31.0. The molecule has 1 fully saturated rings. The van der Waals surface area contributed by atoms with Crippen molar-refractivity contribution in [2.45, 2.75) is 19.3 Å². The van der Waals surface area contributed by atoms with Crippen LogP contribution in [0.5, 0.6) is 0 Å². The molecule has 9 heteroatoms. The molecule has 148 valence electrons. The normalized spacial score (nSPS) is 14.5. The first kappa shape index (κ1) is 20.6. The van der Waals surface area contributed by atoms with E-state index in [-0.39, 0.29) is 0 Å². The number of urea groups is 1. The molecule has 1 aliphatic rings. The van der Waals surface area contributed by atoms with E-state index >= 15 is 0 Å². The highest BCUT2D eigenvalue weighted by atomic mass is 35.5. The molecule has 3 rings (SSSR count). The second-order valence-electron chi connectivity index (χ2n) is 6.20. The fraction of sp³-hybridized carbons (Fsp3) is 0.263. The van der Waals surface area contributed by atoms with Crippen molar-refractivity contribution in [2.24, 2.45) is 0 Å². The highest BCUT2D eigenvalue weighted by Crippen LogP contribution is 2.29.